The summed E-state index contributed by atoms with van der Waals surface area (Å²) in [6, 6.07) is 21.5. The number of rotatable bonds is 0. The second-order valence-electron chi connectivity index (χ2n) is 9.89. The van der Waals surface area contributed by atoms with E-state index < -0.39 is 26.5 Å². The quantitative estimate of drug-likeness (QED) is 0.319. The summed E-state index contributed by atoms with van der Waals surface area (Å²) in [5, 5.41) is 2.62. The molecule has 2 heterocycles. The fourth-order valence-electron chi connectivity index (χ4n) is 5.70. The Morgan fingerprint density at radius 2 is 1.03 bits per heavy atom. The molecule has 0 spiro atoms. The molecular weight excluding hydrogens is 487 g/mol. The van der Waals surface area contributed by atoms with Crippen LogP contribution in [0.15, 0.2) is 60.7 Å². The molecule has 2 radical (unpaired) electrons. The molecule has 0 aromatic heterocycles. The molecule has 0 saturated carbocycles. The molecule has 0 fully saturated rings. The van der Waals surface area contributed by atoms with E-state index in [9.17, 15) is 4.39 Å². The first-order valence-electron chi connectivity index (χ1n) is 10.5. The molecule has 0 bridgehead atoms. The van der Waals surface area contributed by atoms with Crippen molar-refractivity contribution >= 4 is 68.2 Å². The van der Waals surface area contributed by atoms with Gasteiger partial charge in [-0.05, 0) is 0 Å². The Balaban J connectivity index is 1.65. The Kier molecular flexibility index (Phi) is 3.74. The zero-order valence-corrected chi connectivity index (χ0v) is 21.9. The molecule has 4 aromatic carbocycles. The van der Waals surface area contributed by atoms with Gasteiger partial charge >= 0.3 is 184 Å². The summed E-state index contributed by atoms with van der Waals surface area (Å²) < 4.78 is 19.8. The van der Waals surface area contributed by atoms with E-state index in [1.54, 1.807) is 16.5 Å². The van der Waals surface area contributed by atoms with E-state index in [0.29, 0.717) is 0 Å². The standard InChI is InChI=1S/C26H22BFGe2/c1-29(2)23-11-16-10-22-20-8-6-18(28)14-26(20)30(3,4)24(22)12-15(16)9-21(23)19-7-5-17(27)13-25(19)29/h5-14H,1-4H3. The molecule has 144 valence electrons. The summed E-state index contributed by atoms with van der Waals surface area (Å²) in [5.74, 6) is 9.61. The van der Waals surface area contributed by atoms with Crippen LogP contribution in [0.2, 0.25) is 23.0 Å². The van der Waals surface area contributed by atoms with Crippen LogP contribution in [0, 0.1) is 5.82 Å². The topological polar surface area (TPSA) is 0 Å². The fraction of sp³-hybridized carbons (Fsp3) is 0.154. The van der Waals surface area contributed by atoms with Crippen LogP contribution in [-0.2, 0) is 0 Å². The van der Waals surface area contributed by atoms with Crippen molar-refractivity contribution in [2.75, 3.05) is 0 Å². The van der Waals surface area contributed by atoms with Crippen molar-refractivity contribution in [3.8, 4) is 22.3 Å². The normalized spacial score (nSPS) is 16.8. The van der Waals surface area contributed by atoms with Gasteiger partial charge in [0, 0.05) is 0 Å². The van der Waals surface area contributed by atoms with Gasteiger partial charge in [0.25, 0.3) is 0 Å². The van der Waals surface area contributed by atoms with Crippen LogP contribution >= 0.6 is 0 Å². The van der Waals surface area contributed by atoms with E-state index >= 15 is 0 Å². The van der Waals surface area contributed by atoms with Crippen LogP contribution in [-0.4, -0.2) is 34.4 Å². The first-order valence-corrected chi connectivity index (χ1v) is 23.1. The number of halogens is 1. The van der Waals surface area contributed by atoms with Crippen LogP contribution in [0.25, 0.3) is 33.0 Å². The van der Waals surface area contributed by atoms with E-state index in [2.05, 4.69) is 59.4 Å². The molecule has 0 nitrogen and oxygen atoms in total. The Hall–Kier alpha value is -1.78. The van der Waals surface area contributed by atoms with Crippen molar-refractivity contribution in [3.63, 3.8) is 0 Å². The van der Waals surface area contributed by atoms with Crippen LogP contribution < -0.4 is 23.0 Å². The van der Waals surface area contributed by atoms with Gasteiger partial charge in [0.15, 0.2) is 0 Å². The molecule has 4 aromatic rings. The summed E-state index contributed by atoms with van der Waals surface area (Å²) >= 11 is -4.88. The van der Waals surface area contributed by atoms with Crippen LogP contribution in [0.3, 0.4) is 0 Å². The van der Waals surface area contributed by atoms with Crippen molar-refractivity contribution in [2.24, 2.45) is 0 Å². The van der Waals surface area contributed by atoms with Gasteiger partial charge in [0.05, 0.1) is 0 Å². The first-order chi connectivity index (χ1) is 14.2. The third kappa shape index (κ3) is 2.35. The molecule has 0 saturated heterocycles. The number of hydrogen-bond acceptors (Lipinski definition) is 0. The predicted molar refractivity (Wildman–Crippen MR) is 134 cm³/mol. The maximum atomic E-state index is 14.0. The van der Waals surface area contributed by atoms with Gasteiger partial charge in [-0.2, -0.15) is 0 Å². The number of hydrogen-bond donors (Lipinski definition) is 0. The van der Waals surface area contributed by atoms with Gasteiger partial charge in [-0.3, -0.25) is 0 Å². The van der Waals surface area contributed by atoms with E-state index in [4.69, 9.17) is 7.85 Å². The van der Waals surface area contributed by atoms with E-state index in [1.165, 1.54) is 46.2 Å². The first kappa shape index (κ1) is 18.9. The third-order valence-corrected chi connectivity index (χ3v) is 22.2. The van der Waals surface area contributed by atoms with Gasteiger partial charge in [-0.1, -0.05) is 0 Å². The SMILES string of the molecule is [B]c1ccc2[c](c1)[Ge]([CH3])([CH3])[c]1cc3cc4[c](cc3cc1-2)[Ge]([CH3])([CH3])[c]1cc(F)ccc1-4. The number of fused-ring (bicyclic) bond motifs is 7. The van der Waals surface area contributed by atoms with Gasteiger partial charge in [0.2, 0.25) is 0 Å². The van der Waals surface area contributed by atoms with Crippen LogP contribution in [0.1, 0.15) is 0 Å². The van der Waals surface area contributed by atoms with Crippen molar-refractivity contribution in [1.82, 2.24) is 0 Å². The minimum atomic E-state index is -2.50. The monoisotopic (exact) mass is 512 g/mol. The summed E-state index contributed by atoms with van der Waals surface area (Å²) in [6.45, 7) is 0. The number of benzene rings is 4. The molecule has 0 N–H and O–H groups in total. The summed E-state index contributed by atoms with van der Waals surface area (Å²) in [7, 11) is 6.15. The summed E-state index contributed by atoms with van der Waals surface area (Å²) in [5.41, 5.74) is 6.21. The van der Waals surface area contributed by atoms with Crippen molar-refractivity contribution in [2.45, 2.75) is 23.0 Å². The second kappa shape index (κ2) is 5.92. The molecule has 0 amide bonds. The summed E-state index contributed by atoms with van der Waals surface area (Å²) in [6.07, 6.45) is 0. The van der Waals surface area contributed by atoms with E-state index in [0.717, 1.165) is 5.46 Å². The average molecular weight is 509 g/mol. The predicted octanol–water partition coefficient (Wildman–Crippen LogP) is 3.38. The Labute approximate surface area is 183 Å². The van der Waals surface area contributed by atoms with Gasteiger partial charge in [-0.25, -0.2) is 0 Å². The summed E-state index contributed by atoms with van der Waals surface area (Å²) in [4.78, 5) is 0. The molecule has 6 rings (SSSR count). The third-order valence-electron chi connectivity index (χ3n) is 7.41. The molecule has 0 unspecified atom stereocenters. The van der Waals surface area contributed by atoms with Crippen molar-refractivity contribution in [1.29, 1.82) is 0 Å². The van der Waals surface area contributed by atoms with Crippen LogP contribution in [0.4, 0.5) is 4.39 Å². The second-order valence-corrected chi connectivity index (χ2v) is 28.0. The maximum absolute atomic E-state index is 14.0. The molecule has 2 aliphatic heterocycles. The zero-order chi connectivity index (χ0) is 21.0. The average Bonchev–Trinajstić information content (AvgIpc) is 3.04. The Bertz CT molecular complexity index is 1310. The molecule has 4 heteroatoms. The van der Waals surface area contributed by atoms with Crippen LogP contribution in [0.5, 0.6) is 0 Å². The molecular formula is C26H22BFGe2. The van der Waals surface area contributed by atoms with Crippen molar-refractivity contribution in [3.05, 3.63) is 66.5 Å². The zero-order valence-electron chi connectivity index (χ0n) is 17.7. The van der Waals surface area contributed by atoms with Gasteiger partial charge in [0.1, 0.15) is 0 Å². The van der Waals surface area contributed by atoms with E-state index in [-0.39, 0.29) is 5.82 Å². The van der Waals surface area contributed by atoms with Crippen molar-refractivity contribution < 1.29 is 4.39 Å². The Morgan fingerprint density at radius 1 is 0.567 bits per heavy atom. The van der Waals surface area contributed by atoms with Gasteiger partial charge in [-0.15, -0.1) is 0 Å². The Morgan fingerprint density at radius 3 is 1.60 bits per heavy atom. The van der Waals surface area contributed by atoms with Gasteiger partial charge < -0.3 is 0 Å². The molecule has 2 aliphatic rings. The molecule has 30 heavy (non-hydrogen) atoms. The molecule has 0 aliphatic carbocycles. The molecule has 0 atom stereocenters. The fourth-order valence-corrected chi connectivity index (χ4v) is 18.7. The minimum absolute atomic E-state index is 0.116. The van der Waals surface area contributed by atoms with E-state index in [1.807, 2.05) is 12.1 Å².